The second-order valence-corrected chi connectivity index (χ2v) is 6.64. The van der Waals surface area contributed by atoms with E-state index in [2.05, 4.69) is 22.7 Å². The molecule has 26 heavy (non-hydrogen) atoms. The molecule has 3 N–H and O–H groups in total. The molecule has 138 valence electrons. The zero-order valence-electron chi connectivity index (χ0n) is 14.8. The number of anilines is 1. The summed E-state index contributed by atoms with van der Waals surface area (Å²) >= 11 is 0. The number of nitrogens with one attached hydrogen (secondary N) is 2. The molecule has 7 nitrogen and oxygen atoms in total. The van der Waals surface area contributed by atoms with Crippen molar-refractivity contribution in [3.63, 3.8) is 0 Å². The number of amides is 2. The fourth-order valence-electron chi connectivity index (χ4n) is 3.05. The first kappa shape index (κ1) is 18.1. The Kier molecular flexibility index (Phi) is 5.68. The molecule has 1 fully saturated rings. The number of carbonyl (C=O) groups is 2. The van der Waals surface area contributed by atoms with Gasteiger partial charge in [0.1, 0.15) is 5.82 Å². The Labute approximate surface area is 152 Å². The second-order valence-electron chi connectivity index (χ2n) is 6.64. The van der Waals surface area contributed by atoms with Gasteiger partial charge in [-0.2, -0.15) is 5.10 Å². The number of hydrogen-bond acceptors (Lipinski definition) is 4. The van der Waals surface area contributed by atoms with E-state index in [1.807, 2.05) is 30.3 Å². The number of aliphatic hydroxyl groups is 1. The highest BCUT2D eigenvalue weighted by Crippen LogP contribution is 2.40. The Morgan fingerprint density at radius 3 is 2.62 bits per heavy atom. The van der Waals surface area contributed by atoms with Gasteiger partial charge < -0.3 is 15.7 Å². The summed E-state index contributed by atoms with van der Waals surface area (Å²) in [6, 6.07) is 10.7. The standard InChI is InChI=1S/C19H24N4O3/c1-13(14-7-8-14)23-17(9-11-20-23)22-19(26)18(25)21-16(10-12-24)15-5-3-2-4-6-15/h2-6,9,11,13-14,16,24H,7-8,10,12H2,1H3,(H,21,25)(H,22,26)/t13-,16+/m0/s1. The predicted molar refractivity (Wildman–Crippen MR) is 97.3 cm³/mol. The maximum absolute atomic E-state index is 12.3. The number of hydrogen-bond donors (Lipinski definition) is 3. The average molecular weight is 356 g/mol. The lowest BCUT2D eigenvalue weighted by Crippen LogP contribution is -2.38. The highest BCUT2D eigenvalue weighted by Gasteiger charge is 2.31. The van der Waals surface area contributed by atoms with Crippen LogP contribution in [0.5, 0.6) is 0 Å². The number of aromatic nitrogens is 2. The zero-order valence-corrected chi connectivity index (χ0v) is 14.8. The zero-order chi connectivity index (χ0) is 18.5. The largest absolute Gasteiger partial charge is 0.396 e. The van der Waals surface area contributed by atoms with Crippen molar-refractivity contribution in [2.45, 2.75) is 38.3 Å². The molecule has 0 unspecified atom stereocenters. The van der Waals surface area contributed by atoms with Gasteiger partial charge in [-0.15, -0.1) is 0 Å². The third-order valence-corrected chi connectivity index (χ3v) is 4.73. The molecule has 0 saturated heterocycles. The monoisotopic (exact) mass is 356 g/mol. The Morgan fingerprint density at radius 1 is 1.23 bits per heavy atom. The van der Waals surface area contributed by atoms with Crippen LogP contribution in [0, 0.1) is 5.92 Å². The maximum Gasteiger partial charge on any atom is 0.314 e. The van der Waals surface area contributed by atoms with Crippen molar-refractivity contribution >= 4 is 17.6 Å². The lowest BCUT2D eigenvalue weighted by molar-refractivity contribution is -0.136. The van der Waals surface area contributed by atoms with Gasteiger partial charge in [-0.05, 0) is 37.7 Å². The average Bonchev–Trinajstić information content (AvgIpc) is 3.41. The van der Waals surface area contributed by atoms with Crippen LogP contribution in [-0.2, 0) is 9.59 Å². The topological polar surface area (TPSA) is 96.2 Å². The van der Waals surface area contributed by atoms with Gasteiger partial charge in [0.15, 0.2) is 0 Å². The fraction of sp³-hybridized carbons (Fsp3) is 0.421. The molecule has 1 saturated carbocycles. The van der Waals surface area contributed by atoms with Crippen LogP contribution < -0.4 is 10.6 Å². The summed E-state index contributed by atoms with van der Waals surface area (Å²) in [5.41, 5.74) is 0.843. The molecular weight excluding hydrogens is 332 g/mol. The summed E-state index contributed by atoms with van der Waals surface area (Å²) in [7, 11) is 0. The number of carbonyl (C=O) groups excluding carboxylic acids is 2. The van der Waals surface area contributed by atoms with Crippen LogP contribution in [0.15, 0.2) is 42.6 Å². The minimum atomic E-state index is -0.742. The molecule has 1 aliphatic rings. The summed E-state index contributed by atoms with van der Waals surface area (Å²) in [6.45, 7) is 1.97. The Balaban J connectivity index is 1.64. The van der Waals surface area contributed by atoms with Gasteiger partial charge in [0.05, 0.1) is 18.3 Å². The minimum Gasteiger partial charge on any atom is -0.396 e. The van der Waals surface area contributed by atoms with Gasteiger partial charge >= 0.3 is 11.8 Å². The van der Waals surface area contributed by atoms with E-state index in [1.165, 1.54) is 0 Å². The fourth-order valence-corrected chi connectivity index (χ4v) is 3.05. The van der Waals surface area contributed by atoms with Gasteiger partial charge in [0.25, 0.3) is 0 Å². The van der Waals surface area contributed by atoms with Crippen LogP contribution in [-0.4, -0.2) is 33.3 Å². The lowest BCUT2D eigenvalue weighted by atomic mass is 10.0. The Morgan fingerprint density at radius 2 is 1.96 bits per heavy atom. The first-order chi connectivity index (χ1) is 12.6. The molecular formula is C19H24N4O3. The first-order valence-corrected chi connectivity index (χ1v) is 8.91. The van der Waals surface area contributed by atoms with E-state index in [9.17, 15) is 14.7 Å². The summed E-state index contributed by atoms with van der Waals surface area (Å²) < 4.78 is 1.76. The molecule has 0 aliphatic heterocycles. The molecule has 2 aromatic rings. The smallest absolute Gasteiger partial charge is 0.314 e. The molecule has 1 aromatic carbocycles. The molecule has 2 amide bonds. The number of nitrogens with zero attached hydrogens (tertiary/aromatic N) is 2. The van der Waals surface area contributed by atoms with E-state index in [-0.39, 0.29) is 12.6 Å². The molecule has 1 aliphatic carbocycles. The normalized spacial score (nSPS) is 15.9. The predicted octanol–water partition coefficient (Wildman–Crippen LogP) is 2.03. The molecule has 7 heteroatoms. The van der Waals surface area contributed by atoms with Crippen LogP contribution in [0.3, 0.4) is 0 Å². The molecule has 0 spiro atoms. The van der Waals surface area contributed by atoms with Crippen molar-refractivity contribution in [1.29, 1.82) is 0 Å². The van der Waals surface area contributed by atoms with E-state index >= 15 is 0 Å². The SMILES string of the molecule is C[C@@H](C1CC1)n1nccc1NC(=O)C(=O)N[C@H](CCO)c1ccccc1. The van der Waals surface area contributed by atoms with E-state index < -0.39 is 17.9 Å². The highest BCUT2D eigenvalue weighted by atomic mass is 16.3. The highest BCUT2D eigenvalue weighted by molar-refractivity contribution is 6.39. The van der Waals surface area contributed by atoms with Gasteiger partial charge in [0.2, 0.25) is 0 Å². The van der Waals surface area contributed by atoms with E-state index in [0.29, 0.717) is 18.2 Å². The van der Waals surface area contributed by atoms with Crippen molar-refractivity contribution in [3.8, 4) is 0 Å². The molecule has 1 heterocycles. The first-order valence-electron chi connectivity index (χ1n) is 8.91. The summed E-state index contributed by atoms with van der Waals surface area (Å²) in [4.78, 5) is 24.6. The molecule has 0 radical (unpaired) electrons. The van der Waals surface area contributed by atoms with E-state index in [0.717, 1.165) is 18.4 Å². The second kappa shape index (κ2) is 8.14. The van der Waals surface area contributed by atoms with Crippen LogP contribution in [0.1, 0.15) is 43.8 Å². The van der Waals surface area contributed by atoms with E-state index in [1.54, 1.807) is 16.9 Å². The van der Waals surface area contributed by atoms with Gasteiger partial charge in [-0.1, -0.05) is 30.3 Å². The minimum absolute atomic E-state index is 0.0901. The Hall–Kier alpha value is -2.67. The van der Waals surface area contributed by atoms with E-state index in [4.69, 9.17) is 0 Å². The van der Waals surface area contributed by atoms with Gasteiger partial charge in [-0.3, -0.25) is 9.59 Å². The summed E-state index contributed by atoms with van der Waals surface area (Å²) in [5, 5.41) is 18.8. The molecule has 0 bridgehead atoms. The van der Waals surface area contributed by atoms with Gasteiger partial charge in [-0.25, -0.2) is 4.68 Å². The van der Waals surface area contributed by atoms with Crippen molar-refractivity contribution in [3.05, 3.63) is 48.2 Å². The third-order valence-electron chi connectivity index (χ3n) is 4.73. The van der Waals surface area contributed by atoms with Crippen molar-refractivity contribution in [2.75, 3.05) is 11.9 Å². The Bertz CT molecular complexity index is 755. The number of benzene rings is 1. The summed E-state index contributed by atoms with van der Waals surface area (Å²) in [6.07, 6.45) is 4.27. The van der Waals surface area contributed by atoms with Crippen molar-refractivity contribution in [1.82, 2.24) is 15.1 Å². The van der Waals surface area contributed by atoms with Crippen LogP contribution in [0.2, 0.25) is 0 Å². The van der Waals surface area contributed by atoms with Crippen molar-refractivity contribution < 1.29 is 14.7 Å². The molecule has 3 rings (SSSR count). The van der Waals surface area contributed by atoms with Gasteiger partial charge in [0, 0.05) is 12.7 Å². The number of rotatable bonds is 7. The molecule has 1 aromatic heterocycles. The third kappa shape index (κ3) is 4.29. The van der Waals surface area contributed by atoms with Crippen molar-refractivity contribution in [2.24, 2.45) is 5.92 Å². The number of aliphatic hydroxyl groups excluding tert-OH is 1. The maximum atomic E-state index is 12.3. The molecule has 2 atom stereocenters. The van der Waals surface area contributed by atoms with Crippen LogP contribution in [0.4, 0.5) is 5.82 Å². The quantitative estimate of drug-likeness (QED) is 0.662. The van der Waals surface area contributed by atoms with Crippen LogP contribution in [0.25, 0.3) is 0 Å². The lowest BCUT2D eigenvalue weighted by Gasteiger charge is -2.19. The summed E-state index contributed by atoms with van der Waals surface area (Å²) in [5.74, 6) is -0.387. The van der Waals surface area contributed by atoms with Crippen LogP contribution >= 0.6 is 0 Å².